The molecule has 14 heavy (non-hydrogen) atoms. The zero-order chi connectivity index (χ0) is 10.1. The van der Waals surface area contributed by atoms with Gasteiger partial charge in [-0.15, -0.1) is 0 Å². The Morgan fingerprint density at radius 3 is 2.36 bits per heavy atom. The fraction of sp³-hybridized carbons (Fsp3) is 0.222. The lowest BCUT2D eigenvalue weighted by Gasteiger charge is -1.96. The zero-order valence-electron chi connectivity index (χ0n) is 7.87. The van der Waals surface area contributed by atoms with Gasteiger partial charge < -0.3 is 0 Å². The Balaban J connectivity index is 2.49. The van der Waals surface area contributed by atoms with Crippen LogP contribution < -0.4 is 0 Å². The van der Waals surface area contributed by atoms with Crippen molar-refractivity contribution in [1.82, 2.24) is 20.2 Å². The minimum absolute atomic E-state index is 0.623. The summed E-state index contributed by atoms with van der Waals surface area (Å²) in [5.74, 6) is 0.733. The van der Waals surface area contributed by atoms with E-state index in [0.29, 0.717) is 10.7 Å². The number of hydrogen-bond donors (Lipinski definition) is 1. The van der Waals surface area contributed by atoms with Crippen molar-refractivity contribution in [2.24, 2.45) is 0 Å². The summed E-state index contributed by atoms with van der Waals surface area (Å²) < 4.78 is 0. The molecule has 4 nitrogen and oxygen atoms in total. The predicted molar refractivity (Wildman–Crippen MR) is 54.1 cm³/mol. The summed E-state index contributed by atoms with van der Waals surface area (Å²) in [7, 11) is 0. The van der Waals surface area contributed by atoms with Crippen LogP contribution in [0.5, 0.6) is 0 Å². The van der Waals surface area contributed by atoms with Crippen LogP contribution in [0.15, 0.2) is 12.4 Å². The quantitative estimate of drug-likeness (QED) is 0.781. The Kier molecular flexibility index (Phi) is 2.21. The minimum atomic E-state index is 0.623. The normalized spacial score (nSPS) is 10.5. The Hall–Kier alpha value is -1.42. The molecule has 0 aliphatic rings. The number of nitrogens with one attached hydrogen (secondary N) is 1. The van der Waals surface area contributed by atoms with Gasteiger partial charge in [0.05, 0.1) is 10.7 Å². The van der Waals surface area contributed by atoms with E-state index in [1.165, 1.54) is 0 Å². The van der Waals surface area contributed by atoms with E-state index in [0.717, 1.165) is 17.1 Å². The van der Waals surface area contributed by atoms with Crippen molar-refractivity contribution in [3.8, 4) is 11.3 Å². The Bertz CT molecular complexity index is 446. The highest BCUT2D eigenvalue weighted by Gasteiger charge is 2.10. The van der Waals surface area contributed by atoms with E-state index in [-0.39, 0.29) is 0 Å². The Labute approximate surface area is 86.4 Å². The van der Waals surface area contributed by atoms with E-state index in [9.17, 15) is 0 Å². The van der Waals surface area contributed by atoms with Crippen LogP contribution in [0.25, 0.3) is 11.3 Å². The third-order valence-corrected chi connectivity index (χ3v) is 2.39. The van der Waals surface area contributed by atoms with Gasteiger partial charge in [0, 0.05) is 18.0 Å². The van der Waals surface area contributed by atoms with Crippen LogP contribution >= 0.6 is 11.6 Å². The molecule has 0 amide bonds. The number of aromatic nitrogens is 4. The second kappa shape index (κ2) is 3.38. The fourth-order valence-electron chi connectivity index (χ4n) is 1.12. The summed E-state index contributed by atoms with van der Waals surface area (Å²) in [5.41, 5.74) is 2.37. The van der Waals surface area contributed by atoms with E-state index in [2.05, 4.69) is 20.2 Å². The summed E-state index contributed by atoms with van der Waals surface area (Å²) >= 11 is 6.03. The van der Waals surface area contributed by atoms with Crippen LogP contribution in [0.3, 0.4) is 0 Å². The summed E-state index contributed by atoms with van der Waals surface area (Å²) in [6.45, 7) is 3.70. The smallest absolute Gasteiger partial charge is 0.125 e. The summed E-state index contributed by atoms with van der Waals surface area (Å²) in [6, 6.07) is 0. The van der Waals surface area contributed by atoms with Crippen LogP contribution in [0, 0.1) is 13.8 Å². The molecule has 0 aliphatic carbocycles. The molecule has 1 N–H and O–H groups in total. The lowest BCUT2D eigenvalue weighted by atomic mass is 10.2. The molecule has 0 fully saturated rings. The number of aryl methyl sites for hydroxylation is 2. The van der Waals surface area contributed by atoms with Crippen molar-refractivity contribution < 1.29 is 0 Å². The molecule has 0 aromatic carbocycles. The Morgan fingerprint density at radius 1 is 1.21 bits per heavy atom. The molecule has 0 saturated carbocycles. The highest BCUT2D eigenvalue weighted by atomic mass is 35.5. The number of hydrogen-bond acceptors (Lipinski definition) is 3. The van der Waals surface area contributed by atoms with Gasteiger partial charge in [0.2, 0.25) is 0 Å². The van der Waals surface area contributed by atoms with Crippen LogP contribution in [-0.2, 0) is 0 Å². The van der Waals surface area contributed by atoms with Crippen molar-refractivity contribution >= 4 is 11.6 Å². The molecule has 2 rings (SSSR count). The first-order valence-corrected chi connectivity index (χ1v) is 4.56. The number of aromatic amines is 1. The van der Waals surface area contributed by atoms with Gasteiger partial charge in [-0.1, -0.05) is 11.6 Å². The molecule has 0 spiro atoms. The summed E-state index contributed by atoms with van der Waals surface area (Å²) in [4.78, 5) is 8.16. The fourth-order valence-corrected chi connectivity index (χ4v) is 1.32. The van der Waals surface area contributed by atoms with E-state index in [4.69, 9.17) is 11.6 Å². The van der Waals surface area contributed by atoms with Gasteiger partial charge >= 0.3 is 0 Å². The molecule has 0 atom stereocenters. The molecular formula is C9H9ClN4. The maximum Gasteiger partial charge on any atom is 0.125 e. The van der Waals surface area contributed by atoms with Gasteiger partial charge in [-0.3, -0.25) is 5.10 Å². The second-order valence-corrected chi connectivity index (χ2v) is 3.41. The first-order valence-electron chi connectivity index (χ1n) is 4.18. The number of halogens is 1. The van der Waals surface area contributed by atoms with Gasteiger partial charge in [-0.2, -0.15) is 5.10 Å². The minimum Gasteiger partial charge on any atom is -0.281 e. The molecule has 5 heteroatoms. The van der Waals surface area contributed by atoms with Gasteiger partial charge in [0.25, 0.3) is 0 Å². The van der Waals surface area contributed by atoms with E-state index in [1.807, 2.05) is 13.8 Å². The molecule has 0 radical (unpaired) electrons. The van der Waals surface area contributed by atoms with Crippen LogP contribution in [0.2, 0.25) is 5.02 Å². The SMILES string of the molecule is Cc1ncc(-c2n[nH]c(C)c2Cl)cn1. The first-order chi connectivity index (χ1) is 6.68. The molecule has 72 valence electrons. The highest BCUT2D eigenvalue weighted by molar-refractivity contribution is 6.33. The predicted octanol–water partition coefficient (Wildman–Crippen LogP) is 2.14. The van der Waals surface area contributed by atoms with Gasteiger partial charge in [-0.25, -0.2) is 9.97 Å². The largest absolute Gasteiger partial charge is 0.281 e. The number of rotatable bonds is 1. The van der Waals surface area contributed by atoms with Gasteiger partial charge in [0.15, 0.2) is 0 Å². The van der Waals surface area contributed by atoms with E-state index < -0.39 is 0 Å². The molecule has 0 aliphatic heterocycles. The lowest BCUT2D eigenvalue weighted by molar-refractivity contribution is 1.03. The maximum absolute atomic E-state index is 6.03. The standard InChI is InChI=1S/C9H9ClN4/c1-5-8(10)9(14-13-5)7-3-11-6(2)12-4-7/h3-4H,1-2H3,(H,13,14). The summed E-state index contributed by atoms with van der Waals surface area (Å²) in [6.07, 6.45) is 3.42. The molecule has 0 bridgehead atoms. The first kappa shape index (κ1) is 9.15. The average molecular weight is 209 g/mol. The van der Waals surface area contributed by atoms with Gasteiger partial charge in [-0.05, 0) is 13.8 Å². The highest BCUT2D eigenvalue weighted by Crippen LogP contribution is 2.26. The molecule has 0 saturated heterocycles. The third kappa shape index (κ3) is 1.48. The maximum atomic E-state index is 6.03. The van der Waals surface area contributed by atoms with E-state index in [1.54, 1.807) is 12.4 Å². The summed E-state index contributed by atoms with van der Waals surface area (Å²) in [5, 5.41) is 7.51. The van der Waals surface area contributed by atoms with Gasteiger partial charge in [0.1, 0.15) is 11.5 Å². The zero-order valence-corrected chi connectivity index (χ0v) is 8.63. The Morgan fingerprint density at radius 2 is 1.86 bits per heavy atom. The van der Waals surface area contributed by atoms with Crippen molar-refractivity contribution in [2.45, 2.75) is 13.8 Å². The van der Waals surface area contributed by atoms with Crippen molar-refractivity contribution in [1.29, 1.82) is 0 Å². The second-order valence-electron chi connectivity index (χ2n) is 3.03. The number of H-pyrrole nitrogens is 1. The van der Waals surface area contributed by atoms with Crippen molar-refractivity contribution in [2.75, 3.05) is 0 Å². The number of nitrogens with zero attached hydrogens (tertiary/aromatic N) is 3. The lowest BCUT2D eigenvalue weighted by Crippen LogP contribution is -1.88. The van der Waals surface area contributed by atoms with E-state index >= 15 is 0 Å². The van der Waals surface area contributed by atoms with Crippen LogP contribution in [-0.4, -0.2) is 20.2 Å². The van der Waals surface area contributed by atoms with Crippen molar-refractivity contribution in [3.63, 3.8) is 0 Å². The molecular weight excluding hydrogens is 200 g/mol. The average Bonchev–Trinajstić information content (AvgIpc) is 2.50. The van der Waals surface area contributed by atoms with Crippen LogP contribution in [0.1, 0.15) is 11.5 Å². The van der Waals surface area contributed by atoms with Crippen molar-refractivity contribution in [3.05, 3.63) is 28.9 Å². The molecule has 2 aromatic heterocycles. The monoisotopic (exact) mass is 208 g/mol. The topological polar surface area (TPSA) is 54.5 Å². The molecule has 0 unspecified atom stereocenters. The molecule has 2 heterocycles. The third-order valence-electron chi connectivity index (χ3n) is 1.93. The molecule has 2 aromatic rings. The van der Waals surface area contributed by atoms with Crippen LogP contribution in [0.4, 0.5) is 0 Å².